The molecule has 0 bridgehead atoms. The number of rotatable bonds is 17. The molecule has 314 valence electrons. The molecule has 58 heavy (non-hydrogen) atoms. The van der Waals surface area contributed by atoms with Gasteiger partial charge in [-0.25, -0.2) is 23.5 Å². The van der Waals surface area contributed by atoms with Crippen molar-refractivity contribution in [1.82, 2.24) is 15.7 Å². The highest BCUT2D eigenvalue weighted by Gasteiger charge is 2.54. The number of para-hydroxylation sites is 1. The molecule has 0 spiro atoms. The standard InChI is InChI=1S/C43H55N3O11S/c1-42(2,3)56-41(50)44-36(19-11-6-12-20-37(47)54-31-32-15-7-4-8-16-32)39(48)46-28-26-43(27-29-46,40(49)45-57-38-21-13-14-30-53-38)58(51,52)35-24-22-34(23-25-35)55-33-17-9-5-10-18-33/h4-5,7-10,15-18,22-25,36,38H,6,11-14,19-21,26-31H2,1-3H3,(H,44,50)(H,45,49)/t36-,38?/m0/s1. The van der Waals surface area contributed by atoms with Crippen LogP contribution < -0.4 is 15.5 Å². The lowest BCUT2D eigenvalue weighted by Gasteiger charge is -2.41. The number of alkyl carbamates (subject to hydrolysis) is 1. The van der Waals surface area contributed by atoms with Crippen molar-refractivity contribution in [1.29, 1.82) is 0 Å². The molecule has 5 rings (SSSR count). The van der Waals surface area contributed by atoms with E-state index in [4.69, 9.17) is 23.8 Å². The Morgan fingerprint density at radius 3 is 2.16 bits per heavy atom. The first-order chi connectivity index (χ1) is 27.8. The number of esters is 1. The number of sulfone groups is 1. The number of hydrogen-bond donors (Lipinski definition) is 2. The molecule has 3 aromatic rings. The van der Waals surface area contributed by atoms with E-state index in [-0.39, 0.29) is 56.2 Å². The molecular weight excluding hydrogens is 767 g/mol. The number of likely N-dealkylation sites (tertiary alicyclic amines) is 1. The van der Waals surface area contributed by atoms with Crippen LogP contribution in [0, 0.1) is 0 Å². The smallest absolute Gasteiger partial charge is 0.408 e. The van der Waals surface area contributed by atoms with Gasteiger partial charge in [-0.05, 0) is 101 Å². The number of ether oxygens (including phenoxy) is 4. The van der Waals surface area contributed by atoms with E-state index in [0.717, 1.165) is 18.4 Å². The number of hydroxylamine groups is 1. The maximum Gasteiger partial charge on any atom is 0.408 e. The SMILES string of the molecule is CC(C)(C)OC(=O)N[C@@H](CCCCCC(=O)OCc1ccccc1)C(=O)N1CCC(C(=O)NOC2CCCCO2)(S(=O)(=O)c2ccc(Oc3ccccc3)cc2)CC1. The van der Waals surface area contributed by atoms with Gasteiger partial charge in [0.15, 0.2) is 20.9 Å². The number of benzene rings is 3. The van der Waals surface area contributed by atoms with Crippen molar-refractivity contribution in [2.24, 2.45) is 0 Å². The number of carbonyl (C=O) groups excluding carboxylic acids is 4. The summed E-state index contributed by atoms with van der Waals surface area (Å²) in [5.74, 6) is -0.634. The van der Waals surface area contributed by atoms with Crippen molar-refractivity contribution in [3.63, 3.8) is 0 Å². The highest BCUT2D eigenvalue weighted by molar-refractivity contribution is 7.93. The lowest BCUT2D eigenvalue weighted by atomic mass is 9.94. The predicted octanol–water partition coefficient (Wildman–Crippen LogP) is 6.78. The molecule has 3 amide bonds. The minimum absolute atomic E-state index is 0.0924. The Morgan fingerprint density at radius 1 is 0.862 bits per heavy atom. The van der Waals surface area contributed by atoms with Gasteiger partial charge in [-0.1, -0.05) is 61.4 Å². The van der Waals surface area contributed by atoms with Crippen LogP contribution in [0.5, 0.6) is 11.5 Å². The Labute approximate surface area is 340 Å². The van der Waals surface area contributed by atoms with E-state index in [0.29, 0.717) is 43.8 Å². The largest absolute Gasteiger partial charge is 0.461 e. The van der Waals surface area contributed by atoms with Gasteiger partial charge in [0, 0.05) is 32.5 Å². The highest BCUT2D eigenvalue weighted by atomic mass is 32.2. The van der Waals surface area contributed by atoms with Crippen molar-refractivity contribution in [2.75, 3.05) is 19.7 Å². The molecule has 14 nitrogen and oxygen atoms in total. The molecule has 2 N–H and O–H groups in total. The zero-order valence-electron chi connectivity index (χ0n) is 33.5. The van der Waals surface area contributed by atoms with Crippen LogP contribution in [0.4, 0.5) is 4.79 Å². The second-order valence-corrected chi connectivity index (χ2v) is 17.8. The number of nitrogens with zero attached hydrogens (tertiary/aromatic N) is 1. The average Bonchev–Trinajstić information content (AvgIpc) is 3.22. The van der Waals surface area contributed by atoms with Gasteiger partial charge in [0.25, 0.3) is 5.91 Å². The Morgan fingerprint density at radius 2 is 1.52 bits per heavy atom. The van der Waals surface area contributed by atoms with Crippen molar-refractivity contribution in [2.45, 2.75) is 119 Å². The van der Waals surface area contributed by atoms with Gasteiger partial charge in [0.2, 0.25) is 5.91 Å². The van der Waals surface area contributed by atoms with Crippen LogP contribution in [0.25, 0.3) is 0 Å². The monoisotopic (exact) mass is 821 g/mol. The second-order valence-electron chi connectivity index (χ2n) is 15.5. The summed E-state index contributed by atoms with van der Waals surface area (Å²) in [5.41, 5.74) is 2.46. The summed E-state index contributed by atoms with van der Waals surface area (Å²) < 4.78 is 49.3. The molecule has 0 aromatic heterocycles. The first-order valence-corrected chi connectivity index (χ1v) is 21.4. The first kappa shape index (κ1) is 44.1. The number of carbonyl (C=O) groups is 4. The van der Waals surface area contributed by atoms with Crippen molar-refractivity contribution in [3.05, 3.63) is 90.5 Å². The van der Waals surface area contributed by atoms with Gasteiger partial charge >= 0.3 is 12.1 Å². The summed E-state index contributed by atoms with van der Waals surface area (Å²) in [6.45, 7) is 5.59. The quantitative estimate of drug-likeness (QED) is 0.0835. The van der Waals surface area contributed by atoms with Crippen LogP contribution in [0.2, 0.25) is 0 Å². The number of amides is 3. The zero-order chi connectivity index (χ0) is 41.6. The number of nitrogens with one attached hydrogen (secondary N) is 2. The zero-order valence-corrected chi connectivity index (χ0v) is 34.3. The van der Waals surface area contributed by atoms with Gasteiger partial charge in [-0.2, -0.15) is 0 Å². The first-order valence-electron chi connectivity index (χ1n) is 19.9. The maximum atomic E-state index is 14.5. The summed E-state index contributed by atoms with van der Waals surface area (Å²) in [4.78, 5) is 60.3. The number of hydrogen-bond acceptors (Lipinski definition) is 11. The predicted molar refractivity (Wildman–Crippen MR) is 214 cm³/mol. The molecule has 2 fully saturated rings. The molecule has 1 unspecified atom stereocenters. The molecule has 3 aromatic carbocycles. The Kier molecular flexibility index (Phi) is 15.7. The lowest BCUT2D eigenvalue weighted by molar-refractivity contribution is -0.202. The van der Waals surface area contributed by atoms with Gasteiger partial charge in [-0.15, -0.1) is 0 Å². The van der Waals surface area contributed by atoms with E-state index in [1.54, 1.807) is 32.9 Å². The molecular formula is C43H55N3O11S. The van der Waals surface area contributed by atoms with E-state index in [1.165, 1.54) is 29.2 Å². The lowest BCUT2D eigenvalue weighted by Crippen LogP contribution is -2.60. The molecule has 0 aliphatic carbocycles. The summed E-state index contributed by atoms with van der Waals surface area (Å²) in [6.07, 6.45) is 2.30. The number of piperidine rings is 1. The minimum atomic E-state index is -4.38. The van der Waals surface area contributed by atoms with Crippen LogP contribution in [0.3, 0.4) is 0 Å². The van der Waals surface area contributed by atoms with E-state index < -0.39 is 50.4 Å². The van der Waals surface area contributed by atoms with E-state index in [9.17, 15) is 27.6 Å². The van der Waals surface area contributed by atoms with Crippen LogP contribution in [-0.2, 0) is 49.9 Å². The van der Waals surface area contributed by atoms with Crippen LogP contribution in [0.15, 0.2) is 89.8 Å². The van der Waals surface area contributed by atoms with E-state index >= 15 is 0 Å². The molecule has 15 heteroatoms. The van der Waals surface area contributed by atoms with Crippen molar-refractivity contribution in [3.8, 4) is 11.5 Å². The van der Waals surface area contributed by atoms with Gasteiger partial charge in [-0.3, -0.25) is 14.4 Å². The fourth-order valence-corrected chi connectivity index (χ4v) is 8.74. The van der Waals surface area contributed by atoms with Crippen LogP contribution in [0.1, 0.15) is 90.5 Å². The molecule has 0 saturated carbocycles. The van der Waals surface area contributed by atoms with Gasteiger partial charge in [0.1, 0.15) is 29.7 Å². The summed E-state index contributed by atoms with van der Waals surface area (Å²) in [6, 6.07) is 23.3. The fraction of sp³-hybridized carbons (Fsp3) is 0.488. The van der Waals surface area contributed by atoms with Crippen LogP contribution in [-0.4, -0.2) is 79.6 Å². The molecule has 2 aliphatic heterocycles. The topological polar surface area (TPSA) is 176 Å². The van der Waals surface area contributed by atoms with Crippen molar-refractivity contribution >= 4 is 33.7 Å². The summed E-state index contributed by atoms with van der Waals surface area (Å²) >= 11 is 0. The second kappa shape index (κ2) is 20.6. The Hall–Kier alpha value is -4.99. The molecule has 2 atom stereocenters. The average molecular weight is 822 g/mol. The molecule has 2 saturated heterocycles. The number of unbranched alkanes of at least 4 members (excludes halogenated alkanes) is 2. The fourth-order valence-electron chi connectivity index (χ4n) is 6.79. The highest BCUT2D eigenvalue weighted by Crippen LogP contribution is 2.37. The third kappa shape index (κ3) is 12.5. The normalized spacial score (nSPS) is 17.4. The Balaban J connectivity index is 1.26. The summed E-state index contributed by atoms with van der Waals surface area (Å²) in [5, 5.41) is 2.70. The minimum Gasteiger partial charge on any atom is -0.461 e. The maximum absolute atomic E-state index is 14.5. The van der Waals surface area contributed by atoms with Crippen LogP contribution >= 0.6 is 0 Å². The third-order valence-corrected chi connectivity index (χ3v) is 12.5. The Bertz CT molecular complexity index is 1910. The molecule has 0 radical (unpaired) electrons. The third-order valence-electron chi connectivity index (χ3n) is 9.95. The van der Waals surface area contributed by atoms with E-state index in [2.05, 4.69) is 10.8 Å². The molecule has 2 heterocycles. The van der Waals surface area contributed by atoms with Gasteiger partial charge < -0.3 is 29.2 Å². The van der Waals surface area contributed by atoms with Gasteiger partial charge in [0.05, 0.1) is 4.90 Å². The summed E-state index contributed by atoms with van der Waals surface area (Å²) in [7, 11) is -4.38. The molecule has 2 aliphatic rings. The van der Waals surface area contributed by atoms with Crippen molar-refractivity contribution < 1.29 is 51.4 Å². The van der Waals surface area contributed by atoms with E-state index in [1.807, 2.05) is 48.5 Å².